The molecule has 0 saturated heterocycles. The third kappa shape index (κ3) is 4.57. The van der Waals surface area contributed by atoms with Gasteiger partial charge in [-0.25, -0.2) is 0 Å². The van der Waals surface area contributed by atoms with Crippen molar-refractivity contribution in [2.75, 3.05) is 20.7 Å². The Balaban J connectivity index is 1.38. The molecule has 0 aliphatic carbocycles. The molecule has 36 heavy (non-hydrogen) atoms. The van der Waals surface area contributed by atoms with Crippen LogP contribution in [0, 0.1) is 0 Å². The van der Waals surface area contributed by atoms with Crippen LogP contribution in [-0.4, -0.2) is 31.5 Å². The lowest BCUT2D eigenvalue weighted by Crippen LogP contribution is -2.29. The van der Waals surface area contributed by atoms with Gasteiger partial charge in [-0.2, -0.15) is 0 Å². The number of hydrogen-bond acceptors (Lipinski definition) is 2. The molecule has 0 atom stereocenters. The molecule has 0 spiro atoms. The van der Waals surface area contributed by atoms with Crippen molar-refractivity contribution in [1.29, 1.82) is 0 Å². The number of rotatable bonds is 7. The summed E-state index contributed by atoms with van der Waals surface area (Å²) in [5, 5.41) is 4.71. The highest BCUT2D eigenvalue weighted by Gasteiger charge is 2.16. The zero-order chi connectivity index (χ0) is 25.1. The van der Waals surface area contributed by atoms with Crippen molar-refractivity contribution >= 4 is 27.5 Å². The van der Waals surface area contributed by atoms with Gasteiger partial charge >= 0.3 is 0 Å². The number of ether oxygens (including phenoxy) is 1. The standard InChI is InChI=1S/C33H31NO2/c1-4-24-22-27(15-16-28(24)30-17-18-32(36-3)31-12-8-7-11-29(30)31)33(35)34(2)20-19-23-13-14-25-9-5-6-10-26(25)21-23/h5-18,21-22H,4,19-20H2,1-3H3. The van der Waals surface area contributed by atoms with Gasteiger partial charge in [0.15, 0.2) is 0 Å². The smallest absolute Gasteiger partial charge is 0.253 e. The van der Waals surface area contributed by atoms with Crippen molar-refractivity contribution in [3.8, 4) is 16.9 Å². The van der Waals surface area contributed by atoms with E-state index in [-0.39, 0.29) is 5.91 Å². The molecule has 3 nitrogen and oxygen atoms in total. The van der Waals surface area contributed by atoms with E-state index in [0.29, 0.717) is 6.54 Å². The van der Waals surface area contributed by atoms with Gasteiger partial charge in [0.25, 0.3) is 5.91 Å². The number of methoxy groups -OCH3 is 1. The van der Waals surface area contributed by atoms with Gasteiger partial charge in [-0.1, -0.05) is 85.8 Å². The summed E-state index contributed by atoms with van der Waals surface area (Å²) in [4.78, 5) is 15.1. The fourth-order valence-corrected chi connectivity index (χ4v) is 4.98. The molecular formula is C33H31NO2. The van der Waals surface area contributed by atoms with E-state index in [9.17, 15) is 4.79 Å². The van der Waals surface area contributed by atoms with Gasteiger partial charge in [0.1, 0.15) is 5.75 Å². The molecule has 0 N–H and O–H groups in total. The molecule has 180 valence electrons. The summed E-state index contributed by atoms with van der Waals surface area (Å²) < 4.78 is 5.58. The molecule has 0 aliphatic rings. The Morgan fingerprint density at radius 2 is 1.50 bits per heavy atom. The van der Waals surface area contributed by atoms with Crippen LogP contribution in [0.2, 0.25) is 0 Å². The maximum Gasteiger partial charge on any atom is 0.253 e. The third-order valence-electron chi connectivity index (χ3n) is 7.02. The van der Waals surface area contributed by atoms with E-state index >= 15 is 0 Å². The van der Waals surface area contributed by atoms with Crippen LogP contribution in [0.3, 0.4) is 0 Å². The number of carbonyl (C=O) groups is 1. The molecule has 0 saturated carbocycles. The molecule has 0 aromatic heterocycles. The highest BCUT2D eigenvalue weighted by atomic mass is 16.5. The van der Waals surface area contributed by atoms with Gasteiger partial charge < -0.3 is 9.64 Å². The minimum Gasteiger partial charge on any atom is -0.496 e. The van der Waals surface area contributed by atoms with E-state index in [1.165, 1.54) is 21.9 Å². The number of fused-ring (bicyclic) bond motifs is 2. The SMILES string of the molecule is CCc1cc(C(=O)N(C)CCc2ccc3ccccc3c2)ccc1-c1ccc(OC)c2ccccc12. The van der Waals surface area contributed by atoms with E-state index in [1.807, 2.05) is 30.1 Å². The molecule has 0 heterocycles. The van der Waals surface area contributed by atoms with E-state index in [0.717, 1.165) is 46.1 Å². The lowest BCUT2D eigenvalue weighted by Gasteiger charge is -2.19. The summed E-state index contributed by atoms with van der Waals surface area (Å²) in [6.07, 6.45) is 1.67. The number of aryl methyl sites for hydroxylation is 1. The predicted molar refractivity (Wildman–Crippen MR) is 150 cm³/mol. The summed E-state index contributed by atoms with van der Waals surface area (Å²) in [7, 11) is 3.59. The lowest BCUT2D eigenvalue weighted by atomic mass is 9.92. The molecule has 0 aliphatic heterocycles. The van der Waals surface area contributed by atoms with Gasteiger partial charge in [-0.3, -0.25) is 4.79 Å². The summed E-state index contributed by atoms with van der Waals surface area (Å²) >= 11 is 0. The second-order valence-corrected chi connectivity index (χ2v) is 9.24. The van der Waals surface area contributed by atoms with Gasteiger partial charge in [0, 0.05) is 24.5 Å². The Labute approximate surface area is 212 Å². The zero-order valence-corrected chi connectivity index (χ0v) is 21.1. The first-order valence-corrected chi connectivity index (χ1v) is 12.5. The molecule has 0 bridgehead atoms. The highest BCUT2D eigenvalue weighted by Crippen LogP contribution is 2.36. The molecule has 0 radical (unpaired) electrons. The van der Waals surface area contributed by atoms with Gasteiger partial charge in [-0.15, -0.1) is 0 Å². The minimum absolute atomic E-state index is 0.0524. The van der Waals surface area contributed by atoms with Crippen molar-refractivity contribution in [2.45, 2.75) is 19.8 Å². The summed E-state index contributed by atoms with van der Waals surface area (Å²) in [6, 6.07) is 33.5. The molecule has 0 fully saturated rings. The Hall–Kier alpha value is -4.11. The fraction of sp³-hybridized carbons (Fsp3) is 0.182. The predicted octanol–water partition coefficient (Wildman–Crippen LogP) is 7.55. The van der Waals surface area contributed by atoms with Crippen molar-refractivity contribution in [3.05, 3.63) is 114 Å². The third-order valence-corrected chi connectivity index (χ3v) is 7.02. The second kappa shape index (κ2) is 10.2. The second-order valence-electron chi connectivity index (χ2n) is 9.24. The van der Waals surface area contributed by atoms with Crippen molar-refractivity contribution < 1.29 is 9.53 Å². The Morgan fingerprint density at radius 1 is 0.778 bits per heavy atom. The molecule has 3 heteroatoms. The number of likely N-dealkylation sites (N-methyl/N-ethyl adjacent to an activating group) is 1. The fourth-order valence-electron chi connectivity index (χ4n) is 4.98. The largest absolute Gasteiger partial charge is 0.496 e. The number of nitrogens with zero attached hydrogens (tertiary/aromatic N) is 1. The Kier molecular flexibility index (Phi) is 6.73. The molecule has 0 unspecified atom stereocenters. The van der Waals surface area contributed by atoms with Crippen LogP contribution in [0.1, 0.15) is 28.4 Å². The van der Waals surface area contributed by atoms with Crippen molar-refractivity contribution in [3.63, 3.8) is 0 Å². The zero-order valence-electron chi connectivity index (χ0n) is 21.1. The average Bonchev–Trinajstić information content (AvgIpc) is 2.94. The normalized spacial score (nSPS) is 11.1. The first-order chi connectivity index (χ1) is 17.6. The number of hydrogen-bond donors (Lipinski definition) is 0. The highest BCUT2D eigenvalue weighted by molar-refractivity contribution is 6.01. The lowest BCUT2D eigenvalue weighted by molar-refractivity contribution is 0.0796. The maximum atomic E-state index is 13.3. The van der Waals surface area contributed by atoms with E-state index in [1.54, 1.807) is 7.11 Å². The Morgan fingerprint density at radius 3 is 2.28 bits per heavy atom. The molecule has 5 aromatic carbocycles. The first kappa shape index (κ1) is 23.6. The summed E-state index contributed by atoms with van der Waals surface area (Å²) in [6.45, 7) is 2.81. The topological polar surface area (TPSA) is 29.5 Å². The maximum absolute atomic E-state index is 13.3. The van der Waals surface area contributed by atoms with Gasteiger partial charge in [0.05, 0.1) is 7.11 Å². The average molecular weight is 474 g/mol. The monoisotopic (exact) mass is 473 g/mol. The number of carbonyl (C=O) groups excluding carboxylic acids is 1. The molecular weight excluding hydrogens is 442 g/mol. The van der Waals surface area contributed by atoms with Crippen LogP contribution < -0.4 is 4.74 Å². The van der Waals surface area contributed by atoms with E-state index < -0.39 is 0 Å². The van der Waals surface area contributed by atoms with Crippen LogP contribution in [0.5, 0.6) is 5.75 Å². The van der Waals surface area contributed by atoms with Crippen LogP contribution in [0.25, 0.3) is 32.7 Å². The van der Waals surface area contributed by atoms with Crippen LogP contribution >= 0.6 is 0 Å². The van der Waals surface area contributed by atoms with Gasteiger partial charge in [-0.05, 0) is 69.5 Å². The van der Waals surface area contributed by atoms with Crippen LogP contribution in [0.15, 0.2) is 97.1 Å². The van der Waals surface area contributed by atoms with Crippen molar-refractivity contribution in [1.82, 2.24) is 4.90 Å². The van der Waals surface area contributed by atoms with Crippen LogP contribution in [0.4, 0.5) is 0 Å². The minimum atomic E-state index is 0.0524. The first-order valence-electron chi connectivity index (χ1n) is 12.5. The van der Waals surface area contributed by atoms with Crippen LogP contribution in [-0.2, 0) is 12.8 Å². The summed E-state index contributed by atoms with van der Waals surface area (Å²) in [5.74, 6) is 0.920. The summed E-state index contributed by atoms with van der Waals surface area (Å²) in [5.41, 5.74) is 5.46. The molecule has 5 aromatic rings. The Bertz CT molecular complexity index is 1550. The molecule has 1 amide bonds. The van der Waals surface area contributed by atoms with Gasteiger partial charge in [0.2, 0.25) is 0 Å². The quantitative estimate of drug-likeness (QED) is 0.244. The van der Waals surface area contributed by atoms with E-state index in [2.05, 4.69) is 85.8 Å². The van der Waals surface area contributed by atoms with Crippen molar-refractivity contribution in [2.24, 2.45) is 0 Å². The molecule has 5 rings (SSSR count). The number of benzene rings is 5. The van der Waals surface area contributed by atoms with E-state index in [4.69, 9.17) is 4.74 Å². The number of amides is 1.